The Bertz CT molecular complexity index is 359. The molecule has 3 nitrogen and oxygen atoms in total. The van der Waals surface area contributed by atoms with Gasteiger partial charge in [-0.25, -0.2) is 0 Å². The van der Waals surface area contributed by atoms with E-state index in [0.29, 0.717) is 12.7 Å². The van der Waals surface area contributed by atoms with Crippen LogP contribution in [0.3, 0.4) is 0 Å². The molecule has 0 aromatic heterocycles. The summed E-state index contributed by atoms with van der Waals surface area (Å²) < 4.78 is 11.2. The van der Waals surface area contributed by atoms with Crippen LogP contribution in [0.5, 0.6) is 5.75 Å². The molecule has 1 atom stereocenters. The van der Waals surface area contributed by atoms with Gasteiger partial charge in [-0.3, -0.25) is 0 Å². The van der Waals surface area contributed by atoms with Crippen LogP contribution in [0.4, 0.5) is 5.69 Å². The van der Waals surface area contributed by atoms with Gasteiger partial charge in [-0.2, -0.15) is 0 Å². The third-order valence-corrected chi connectivity index (χ3v) is 2.98. The van der Waals surface area contributed by atoms with Gasteiger partial charge in [-0.1, -0.05) is 6.07 Å². The van der Waals surface area contributed by atoms with Gasteiger partial charge in [0.15, 0.2) is 0 Å². The van der Waals surface area contributed by atoms with Crippen molar-refractivity contribution in [2.24, 2.45) is 0 Å². The van der Waals surface area contributed by atoms with Crippen LogP contribution >= 0.6 is 0 Å². The summed E-state index contributed by atoms with van der Waals surface area (Å²) in [5, 5.41) is 3.42. The Morgan fingerprint density at radius 2 is 2.35 bits per heavy atom. The lowest BCUT2D eigenvalue weighted by Gasteiger charge is -2.15. The van der Waals surface area contributed by atoms with Crippen molar-refractivity contribution < 1.29 is 9.47 Å². The molecule has 1 aromatic carbocycles. The van der Waals surface area contributed by atoms with Crippen molar-refractivity contribution in [3.8, 4) is 5.75 Å². The zero-order valence-corrected chi connectivity index (χ0v) is 10.7. The molecule has 0 saturated carbocycles. The molecule has 94 valence electrons. The predicted molar refractivity (Wildman–Crippen MR) is 69.8 cm³/mol. The first-order valence-corrected chi connectivity index (χ1v) is 6.38. The Balaban J connectivity index is 1.98. The Labute approximate surface area is 103 Å². The van der Waals surface area contributed by atoms with Crippen molar-refractivity contribution in [1.82, 2.24) is 0 Å². The summed E-state index contributed by atoms with van der Waals surface area (Å²) in [6.45, 7) is 6.54. The summed E-state index contributed by atoms with van der Waals surface area (Å²) in [6.07, 6.45) is 2.69. The number of aryl methyl sites for hydroxylation is 1. The van der Waals surface area contributed by atoms with Crippen molar-refractivity contribution in [2.45, 2.75) is 32.8 Å². The summed E-state index contributed by atoms with van der Waals surface area (Å²) >= 11 is 0. The summed E-state index contributed by atoms with van der Waals surface area (Å²) in [5.41, 5.74) is 2.28. The molecular formula is C14H21NO2. The second-order valence-electron chi connectivity index (χ2n) is 4.45. The highest BCUT2D eigenvalue weighted by Gasteiger charge is 2.15. The van der Waals surface area contributed by atoms with Gasteiger partial charge in [-0.15, -0.1) is 0 Å². The first-order chi connectivity index (χ1) is 8.29. The summed E-state index contributed by atoms with van der Waals surface area (Å²) in [7, 11) is 0. The molecule has 17 heavy (non-hydrogen) atoms. The highest BCUT2D eigenvalue weighted by atomic mass is 16.5. The Hall–Kier alpha value is -1.22. The summed E-state index contributed by atoms with van der Waals surface area (Å²) in [6, 6.07) is 6.25. The van der Waals surface area contributed by atoms with Crippen molar-refractivity contribution >= 4 is 5.69 Å². The fourth-order valence-electron chi connectivity index (χ4n) is 2.08. The van der Waals surface area contributed by atoms with Crippen LogP contribution in [0, 0.1) is 6.92 Å². The molecule has 3 heteroatoms. The van der Waals surface area contributed by atoms with Crippen LogP contribution in [0.15, 0.2) is 18.2 Å². The topological polar surface area (TPSA) is 30.5 Å². The normalized spacial score (nSPS) is 19.3. The van der Waals surface area contributed by atoms with Crippen LogP contribution in [0.2, 0.25) is 0 Å². The van der Waals surface area contributed by atoms with Gasteiger partial charge in [0.25, 0.3) is 0 Å². The molecule has 1 aromatic rings. The van der Waals surface area contributed by atoms with Crippen LogP contribution in [-0.4, -0.2) is 25.9 Å². The molecule has 1 fully saturated rings. The summed E-state index contributed by atoms with van der Waals surface area (Å²) in [4.78, 5) is 0. The van der Waals surface area contributed by atoms with Crippen molar-refractivity contribution in [2.75, 3.05) is 25.1 Å². The quantitative estimate of drug-likeness (QED) is 0.851. The molecule has 1 saturated heterocycles. The van der Waals surface area contributed by atoms with Crippen LogP contribution in [0.1, 0.15) is 25.3 Å². The summed E-state index contributed by atoms with van der Waals surface area (Å²) in [5.74, 6) is 0.936. The maximum Gasteiger partial charge on any atom is 0.142 e. The minimum atomic E-state index is 0.353. The highest BCUT2D eigenvalue weighted by Crippen LogP contribution is 2.26. The second-order valence-corrected chi connectivity index (χ2v) is 4.45. The first-order valence-electron chi connectivity index (χ1n) is 6.38. The third kappa shape index (κ3) is 3.37. The monoisotopic (exact) mass is 235 g/mol. The van der Waals surface area contributed by atoms with Crippen molar-refractivity contribution in [3.63, 3.8) is 0 Å². The van der Waals surface area contributed by atoms with E-state index in [1.165, 1.54) is 12.0 Å². The average molecular weight is 235 g/mol. The number of nitrogens with one attached hydrogen (secondary N) is 1. The van der Waals surface area contributed by atoms with E-state index in [9.17, 15) is 0 Å². The third-order valence-electron chi connectivity index (χ3n) is 2.98. The first kappa shape index (κ1) is 12.2. The average Bonchev–Trinajstić information content (AvgIpc) is 2.81. The van der Waals surface area contributed by atoms with E-state index in [0.717, 1.165) is 31.0 Å². The minimum Gasteiger partial charge on any atom is -0.492 e. The van der Waals surface area contributed by atoms with E-state index < -0.39 is 0 Å². The van der Waals surface area contributed by atoms with Gasteiger partial charge in [0.05, 0.1) is 18.4 Å². The van der Waals surface area contributed by atoms with E-state index in [-0.39, 0.29) is 0 Å². The maximum absolute atomic E-state index is 5.63. The Morgan fingerprint density at radius 3 is 3.06 bits per heavy atom. The Morgan fingerprint density at radius 1 is 1.47 bits per heavy atom. The predicted octanol–water partition coefficient (Wildman–Crippen LogP) is 2.98. The lowest BCUT2D eigenvalue weighted by molar-refractivity contribution is 0.120. The zero-order chi connectivity index (χ0) is 12.1. The van der Waals surface area contributed by atoms with Gasteiger partial charge in [0.1, 0.15) is 5.75 Å². The molecule has 0 spiro atoms. The van der Waals surface area contributed by atoms with E-state index >= 15 is 0 Å². The van der Waals surface area contributed by atoms with E-state index in [2.05, 4.69) is 30.4 Å². The number of hydrogen-bond donors (Lipinski definition) is 1. The molecule has 1 N–H and O–H groups in total. The van der Waals surface area contributed by atoms with E-state index in [1.807, 2.05) is 6.92 Å². The molecule has 0 amide bonds. The number of hydrogen-bond acceptors (Lipinski definition) is 3. The molecule has 1 aliphatic heterocycles. The zero-order valence-electron chi connectivity index (χ0n) is 10.7. The largest absolute Gasteiger partial charge is 0.492 e. The van der Waals surface area contributed by atoms with Crippen LogP contribution in [0.25, 0.3) is 0 Å². The molecule has 0 aliphatic carbocycles. The standard InChI is InChI=1S/C14H21NO2/c1-3-16-14-9-11(2)6-7-13(14)15-10-12-5-4-8-17-12/h6-7,9,12,15H,3-5,8,10H2,1-2H3. The molecule has 1 heterocycles. The van der Waals surface area contributed by atoms with Gasteiger partial charge in [-0.05, 0) is 44.4 Å². The SMILES string of the molecule is CCOc1cc(C)ccc1NCC1CCCO1. The van der Waals surface area contributed by atoms with E-state index in [4.69, 9.17) is 9.47 Å². The Kier molecular flexibility index (Phi) is 4.26. The van der Waals surface area contributed by atoms with Gasteiger partial charge >= 0.3 is 0 Å². The fraction of sp³-hybridized carbons (Fsp3) is 0.571. The lowest BCUT2D eigenvalue weighted by atomic mass is 10.2. The fourth-order valence-corrected chi connectivity index (χ4v) is 2.08. The molecule has 2 rings (SSSR count). The number of benzene rings is 1. The smallest absolute Gasteiger partial charge is 0.142 e. The van der Waals surface area contributed by atoms with Gasteiger partial charge in [0.2, 0.25) is 0 Å². The second kappa shape index (κ2) is 5.92. The van der Waals surface area contributed by atoms with E-state index in [1.54, 1.807) is 0 Å². The molecule has 1 aliphatic rings. The highest BCUT2D eigenvalue weighted by molar-refractivity contribution is 5.57. The maximum atomic E-state index is 5.63. The number of ether oxygens (including phenoxy) is 2. The van der Waals surface area contributed by atoms with Gasteiger partial charge < -0.3 is 14.8 Å². The van der Waals surface area contributed by atoms with Crippen molar-refractivity contribution in [1.29, 1.82) is 0 Å². The minimum absolute atomic E-state index is 0.353. The number of anilines is 1. The molecule has 1 unspecified atom stereocenters. The molecular weight excluding hydrogens is 214 g/mol. The number of rotatable bonds is 5. The molecule has 0 bridgehead atoms. The van der Waals surface area contributed by atoms with Gasteiger partial charge in [0, 0.05) is 13.2 Å². The van der Waals surface area contributed by atoms with Crippen molar-refractivity contribution in [3.05, 3.63) is 23.8 Å². The lowest BCUT2D eigenvalue weighted by Crippen LogP contribution is -2.18. The van der Waals surface area contributed by atoms with Crippen LogP contribution < -0.4 is 10.1 Å². The molecule has 0 radical (unpaired) electrons. The van der Waals surface area contributed by atoms with Crippen LogP contribution in [-0.2, 0) is 4.74 Å².